The van der Waals surface area contributed by atoms with Crippen LogP contribution >= 0.6 is 0 Å². The molecule has 94 valence electrons. The van der Waals surface area contributed by atoms with Crippen LogP contribution in [-0.2, 0) is 0 Å². The molecule has 0 amide bonds. The average Bonchev–Trinajstić information content (AvgIpc) is 3.01. The van der Waals surface area contributed by atoms with Crippen LogP contribution in [0.4, 0.5) is 24.7 Å². The lowest BCUT2D eigenvalue weighted by Gasteiger charge is -2.22. The summed E-state index contributed by atoms with van der Waals surface area (Å²) in [6.45, 7) is 0. The molecule has 0 bridgehead atoms. The summed E-state index contributed by atoms with van der Waals surface area (Å²) in [6.07, 6.45) is -4.23. The van der Waals surface area contributed by atoms with Crippen molar-refractivity contribution >= 4 is 11.5 Å². The van der Waals surface area contributed by atoms with E-state index >= 15 is 0 Å². The van der Waals surface area contributed by atoms with Crippen LogP contribution in [0.1, 0.15) is 12.8 Å². The van der Waals surface area contributed by atoms with Gasteiger partial charge in [-0.2, -0.15) is 18.2 Å². The number of alkyl halides is 3. The van der Waals surface area contributed by atoms with Crippen molar-refractivity contribution in [1.29, 1.82) is 0 Å². The average molecular weight is 247 g/mol. The smallest absolute Gasteiger partial charge is 0.411 e. The molecule has 1 saturated carbocycles. The van der Waals surface area contributed by atoms with E-state index in [0.717, 1.165) is 0 Å². The molecule has 0 spiro atoms. The normalized spacial score (nSPS) is 17.6. The number of halogens is 3. The molecule has 2 rings (SSSR count). The van der Waals surface area contributed by atoms with Gasteiger partial charge in [0.05, 0.1) is 12.8 Å². The van der Waals surface area contributed by atoms with E-state index in [1.807, 2.05) is 0 Å². The van der Waals surface area contributed by atoms with Crippen LogP contribution in [0.5, 0.6) is 5.88 Å². The molecule has 0 atom stereocenters. The molecule has 1 aromatic heterocycles. The molecular formula is C10H12F3N3O. The number of anilines is 2. The fraction of sp³-hybridized carbons (Fsp3) is 0.500. The van der Waals surface area contributed by atoms with Crippen molar-refractivity contribution in [3.05, 3.63) is 12.1 Å². The third-order valence-electron chi connectivity index (χ3n) is 2.76. The molecule has 0 saturated heterocycles. The minimum absolute atomic E-state index is 0.0131. The summed E-state index contributed by atoms with van der Waals surface area (Å²) in [4.78, 5) is 3.87. The lowest BCUT2D eigenvalue weighted by Crippen LogP contribution is -2.39. The molecular weight excluding hydrogens is 235 g/mol. The van der Waals surface area contributed by atoms with Crippen LogP contribution in [0.3, 0.4) is 0 Å². The third-order valence-corrected chi connectivity index (χ3v) is 2.76. The Balaban J connectivity index is 2.25. The zero-order valence-electron chi connectivity index (χ0n) is 9.14. The summed E-state index contributed by atoms with van der Waals surface area (Å²) in [5, 5.41) is 2.37. The van der Waals surface area contributed by atoms with E-state index in [1.165, 1.54) is 19.2 Å². The van der Waals surface area contributed by atoms with Gasteiger partial charge in [0.2, 0.25) is 5.88 Å². The number of pyridine rings is 1. The Morgan fingerprint density at radius 2 is 2.06 bits per heavy atom. The molecule has 7 heteroatoms. The second-order valence-electron chi connectivity index (χ2n) is 4.00. The van der Waals surface area contributed by atoms with Gasteiger partial charge in [0.15, 0.2) is 5.82 Å². The molecule has 1 heterocycles. The van der Waals surface area contributed by atoms with Crippen LogP contribution in [0.2, 0.25) is 0 Å². The van der Waals surface area contributed by atoms with Crippen LogP contribution in [0.15, 0.2) is 12.1 Å². The fourth-order valence-corrected chi connectivity index (χ4v) is 1.50. The first kappa shape index (κ1) is 11.8. The summed E-state index contributed by atoms with van der Waals surface area (Å²) >= 11 is 0. The number of rotatable bonds is 3. The van der Waals surface area contributed by atoms with Gasteiger partial charge in [0.25, 0.3) is 0 Å². The number of methoxy groups -OCH3 is 1. The van der Waals surface area contributed by atoms with Gasteiger partial charge >= 0.3 is 6.18 Å². The molecule has 1 fully saturated rings. The highest BCUT2D eigenvalue weighted by Crippen LogP contribution is 2.51. The van der Waals surface area contributed by atoms with Crippen molar-refractivity contribution in [2.75, 3.05) is 18.2 Å². The number of nitrogens with two attached hydrogens (primary N) is 1. The van der Waals surface area contributed by atoms with Gasteiger partial charge in [-0.3, -0.25) is 0 Å². The molecule has 0 aromatic carbocycles. The summed E-state index contributed by atoms with van der Waals surface area (Å²) in [5.74, 6) is 0.235. The van der Waals surface area contributed by atoms with Crippen LogP contribution in [0.25, 0.3) is 0 Å². The number of hydrogen-bond acceptors (Lipinski definition) is 4. The van der Waals surface area contributed by atoms with Crippen molar-refractivity contribution < 1.29 is 17.9 Å². The number of nitrogens with zero attached hydrogens (tertiary/aromatic N) is 1. The molecule has 0 aliphatic heterocycles. The van der Waals surface area contributed by atoms with E-state index in [0.29, 0.717) is 0 Å². The number of hydrogen-bond donors (Lipinski definition) is 2. The summed E-state index contributed by atoms with van der Waals surface area (Å²) < 4.78 is 43.0. The van der Waals surface area contributed by atoms with Gasteiger partial charge in [-0.15, -0.1) is 0 Å². The van der Waals surface area contributed by atoms with Gasteiger partial charge < -0.3 is 15.8 Å². The quantitative estimate of drug-likeness (QED) is 0.859. The third kappa shape index (κ3) is 2.09. The predicted octanol–water partition coefficient (Wildman–Crippen LogP) is 2.18. The largest absolute Gasteiger partial charge is 0.481 e. The SMILES string of the molecule is COc1ccc(N)c(NC2(C(F)(F)F)CC2)n1. The maximum absolute atomic E-state index is 12.7. The Kier molecular flexibility index (Phi) is 2.56. The molecule has 17 heavy (non-hydrogen) atoms. The molecule has 3 N–H and O–H groups in total. The van der Waals surface area contributed by atoms with Crippen LogP contribution < -0.4 is 15.8 Å². The molecule has 4 nitrogen and oxygen atoms in total. The second kappa shape index (κ2) is 3.68. The topological polar surface area (TPSA) is 60.2 Å². The van der Waals surface area contributed by atoms with Crippen molar-refractivity contribution in [1.82, 2.24) is 4.98 Å². The van der Waals surface area contributed by atoms with Crippen molar-refractivity contribution in [3.63, 3.8) is 0 Å². The zero-order valence-corrected chi connectivity index (χ0v) is 9.14. The van der Waals surface area contributed by atoms with E-state index in [-0.39, 0.29) is 30.2 Å². The molecule has 0 unspecified atom stereocenters. The number of aromatic nitrogens is 1. The van der Waals surface area contributed by atoms with E-state index in [9.17, 15) is 13.2 Å². The highest BCUT2D eigenvalue weighted by molar-refractivity contribution is 5.64. The first-order valence-electron chi connectivity index (χ1n) is 5.03. The summed E-state index contributed by atoms with van der Waals surface area (Å²) in [6, 6.07) is 2.95. The van der Waals surface area contributed by atoms with E-state index < -0.39 is 11.7 Å². The first-order chi connectivity index (χ1) is 7.88. The van der Waals surface area contributed by atoms with Crippen LogP contribution in [-0.4, -0.2) is 23.8 Å². The Bertz CT molecular complexity index is 429. The molecule has 0 radical (unpaired) electrons. The van der Waals surface area contributed by atoms with Gasteiger partial charge in [0, 0.05) is 6.07 Å². The predicted molar refractivity (Wildman–Crippen MR) is 56.8 cm³/mol. The van der Waals surface area contributed by atoms with E-state index in [2.05, 4.69) is 10.3 Å². The van der Waals surface area contributed by atoms with E-state index in [4.69, 9.17) is 10.5 Å². The van der Waals surface area contributed by atoms with Crippen molar-refractivity contribution in [3.8, 4) is 5.88 Å². The second-order valence-corrected chi connectivity index (χ2v) is 4.00. The first-order valence-corrected chi connectivity index (χ1v) is 5.03. The number of nitrogen functional groups attached to an aromatic ring is 1. The summed E-state index contributed by atoms with van der Waals surface area (Å²) in [5.41, 5.74) is 3.87. The van der Waals surface area contributed by atoms with Gasteiger partial charge in [-0.25, -0.2) is 0 Å². The molecule has 1 aliphatic rings. The fourth-order valence-electron chi connectivity index (χ4n) is 1.50. The lowest BCUT2D eigenvalue weighted by molar-refractivity contribution is -0.151. The van der Waals surface area contributed by atoms with Gasteiger partial charge in [-0.05, 0) is 18.9 Å². The Morgan fingerprint density at radius 1 is 1.41 bits per heavy atom. The Hall–Kier alpha value is -1.66. The maximum Gasteiger partial charge on any atom is 0.411 e. The van der Waals surface area contributed by atoms with Gasteiger partial charge in [0.1, 0.15) is 5.54 Å². The summed E-state index contributed by atoms with van der Waals surface area (Å²) in [7, 11) is 1.39. The van der Waals surface area contributed by atoms with Crippen molar-refractivity contribution in [2.45, 2.75) is 24.6 Å². The Labute approximate surface area is 96.0 Å². The number of nitrogens with one attached hydrogen (secondary N) is 1. The van der Waals surface area contributed by atoms with Gasteiger partial charge in [-0.1, -0.05) is 0 Å². The zero-order chi connectivity index (χ0) is 12.7. The minimum atomic E-state index is -4.30. The molecule has 1 aromatic rings. The molecule has 1 aliphatic carbocycles. The van der Waals surface area contributed by atoms with E-state index in [1.54, 1.807) is 0 Å². The Morgan fingerprint density at radius 3 is 2.53 bits per heavy atom. The van der Waals surface area contributed by atoms with Crippen molar-refractivity contribution in [2.24, 2.45) is 0 Å². The lowest BCUT2D eigenvalue weighted by atomic mass is 10.2. The standard InChI is InChI=1S/C10H12F3N3O/c1-17-7-3-2-6(14)8(15-7)16-9(4-5-9)10(11,12)13/h2-3H,4-5,14H2,1H3,(H,15,16). The maximum atomic E-state index is 12.7. The highest BCUT2D eigenvalue weighted by Gasteiger charge is 2.63. The number of ether oxygens (including phenoxy) is 1. The monoisotopic (exact) mass is 247 g/mol. The minimum Gasteiger partial charge on any atom is -0.481 e. The highest BCUT2D eigenvalue weighted by atomic mass is 19.4. The van der Waals surface area contributed by atoms with Crippen LogP contribution in [0, 0.1) is 0 Å².